The number of carbonyl (C=O) groups excluding carboxylic acids is 1. The third-order valence-corrected chi connectivity index (χ3v) is 9.83. The van der Waals surface area contributed by atoms with Gasteiger partial charge in [-0.1, -0.05) is 0 Å². The number of hydrogen-bond donors (Lipinski definition) is 14. The molecule has 46 heavy (non-hydrogen) atoms. The van der Waals surface area contributed by atoms with Gasteiger partial charge >= 0.3 is 5.91 Å². The van der Waals surface area contributed by atoms with Crippen molar-refractivity contribution in [2.75, 3.05) is 26.2 Å². The average Bonchev–Trinajstić information content (AvgIpc) is 2.99. The maximum Gasteiger partial charge on any atom is 0.303 e. The molecule has 0 radical (unpaired) electrons. The summed E-state index contributed by atoms with van der Waals surface area (Å²) in [6.45, 7) is -0.699. The predicted octanol–water partition coefficient (Wildman–Crippen LogP) is -8.97. The summed E-state index contributed by atoms with van der Waals surface area (Å²) in [5.74, 6) is -1.73. The van der Waals surface area contributed by atoms with Gasteiger partial charge in [0.25, 0.3) is 0 Å². The zero-order valence-corrected chi connectivity index (χ0v) is 25.6. The van der Waals surface area contributed by atoms with Crippen molar-refractivity contribution in [2.45, 2.75) is 129 Å². The first-order chi connectivity index (χ1) is 21.7. The Morgan fingerprint density at radius 1 is 0.978 bits per heavy atom. The molecule has 2 heterocycles. The number of rotatable bonds is 12. The molecular formula is C27H54N7O12+. The van der Waals surface area contributed by atoms with E-state index >= 15 is 0 Å². The molecule has 19 heteroatoms. The first-order valence-electron chi connectivity index (χ1n) is 15.8. The summed E-state index contributed by atoms with van der Waals surface area (Å²) in [4.78, 5) is 13.2. The van der Waals surface area contributed by atoms with Crippen LogP contribution in [-0.2, 0) is 19.0 Å². The van der Waals surface area contributed by atoms with Gasteiger partial charge in [0.15, 0.2) is 6.29 Å². The molecular weight excluding hydrogens is 614 g/mol. The lowest BCUT2D eigenvalue weighted by atomic mass is 9.70. The molecule has 21 N–H and O–H groups in total. The molecule has 1 amide bonds. The molecule has 0 aromatic carbocycles. The SMILES string of the molecule is NCCC(O)CN[C@@H]1[C@@H](O)[C@H](O)[C@@H](CN)O[C@@H]1C1[C@@H](N)C[C@@H](NC(=O)C2([OH2+])CC(N)C2)[C@H](O[C@H]2O[C@H](CO)[C@@H](O)[C@H](N)[C@H]2O)[C@H]1O. The lowest BCUT2D eigenvalue weighted by Gasteiger charge is -2.53. The molecule has 2 aliphatic carbocycles. The van der Waals surface area contributed by atoms with Gasteiger partial charge in [-0.25, -0.2) is 0 Å². The molecule has 2 unspecified atom stereocenters. The highest BCUT2D eigenvalue weighted by molar-refractivity contribution is 5.86. The fraction of sp³-hybridized carbons (Fsp3) is 0.963. The van der Waals surface area contributed by atoms with E-state index in [0.29, 0.717) is 0 Å². The Morgan fingerprint density at radius 2 is 1.65 bits per heavy atom. The molecule has 4 rings (SSSR count). The van der Waals surface area contributed by atoms with E-state index in [0.717, 1.165) is 0 Å². The van der Waals surface area contributed by atoms with Crippen LogP contribution in [0.5, 0.6) is 0 Å². The molecule has 0 aromatic rings. The quantitative estimate of drug-likeness (QED) is 0.0858. The minimum Gasteiger partial charge on any atom is -0.434 e. The standard InChI is InChI=1S/C27H53N7O12/c28-2-1-10(36)7-33-17-22(41)19(38)13(6-29)44-24(17)15-11(31)3-12(34-26(42)27(43)4-9(30)5-27)23(20(15)39)46-25-21(40)16(32)18(37)14(8-35)45-25/h9-25,33,35-41,43H,1-8,28-32H2,(H,34,42)/p+1/t9?,10?,11-,12+,13+,14+,15?,16-,17+,18+,19+,20-,21+,22+,23-,24+,25+,27?/m0/s1. The largest absolute Gasteiger partial charge is 0.434 e. The molecule has 16 atom stereocenters. The highest BCUT2D eigenvalue weighted by Crippen LogP contribution is 2.38. The Hall–Kier alpha value is -1.21. The van der Waals surface area contributed by atoms with Crippen LogP contribution >= 0.6 is 0 Å². The third-order valence-electron chi connectivity index (χ3n) is 9.83. The maximum atomic E-state index is 13.2. The lowest BCUT2D eigenvalue weighted by molar-refractivity contribution is -0.308. The van der Waals surface area contributed by atoms with E-state index in [1.807, 2.05) is 0 Å². The zero-order valence-electron chi connectivity index (χ0n) is 25.6. The predicted molar refractivity (Wildman–Crippen MR) is 159 cm³/mol. The van der Waals surface area contributed by atoms with Gasteiger partial charge in [-0.05, 0) is 19.4 Å². The Morgan fingerprint density at radius 3 is 2.24 bits per heavy atom. The molecule has 0 spiro atoms. The molecule has 4 aliphatic rings. The number of aliphatic hydroxyl groups excluding tert-OH is 7. The smallest absolute Gasteiger partial charge is 0.303 e. The van der Waals surface area contributed by atoms with Crippen molar-refractivity contribution >= 4 is 5.91 Å². The van der Waals surface area contributed by atoms with Crippen LogP contribution in [0.3, 0.4) is 0 Å². The van der Waals surface area contributed by atoms with E-state index in [4.69, 9.17) is 48.0 Å². The van der Waals surface area contributed by atoms with Crippen molar-refractivity contribution < 1.29 is 59.9 Å². The van der Waals surface area contributed by atoms with Gasteiger partial charge in [-0.15, -0.1) is 0 Å². The lowest BCUT2D eigenvalue weighted by Crippen LogP contribution is -2.73. The van der Waals surface area contributed by atoms with E-state index in [-0.39, 0.29) is 51.4 Å². The molecule has 268 valence electrons. The van der Waals surface area contributed by atoms with Gasteiger partial charge in [-0.3, -0.25) is 4.79 Å². The van der Waals surface area contributed by atoms with Crippen molar-refractivity contribution in [3.8, 4) is 0 Å². The van der Waals surface area contributed by atoms with Crippen molar-refractivity contribution in [3.05, 3.63) is 0 Å². The Kier molecular flexibility index (Phi) is 12.7. The highest BCUT2D eigenvalue weighted by Gasteiger charge is 2.58. The minimum absolute atomic E-state index is 0.0461. The molecule has 2 aliphatic heterocycles. The minimum atomic E-state index is -1.62. The normalized spacial score (nSPS) is 48.8. The Balaban J connectivity index is 1.65. The number of hydrogen-bond acceptors (Lipinski definition) is 17. The van der Waals surface area contributed by atoms with Gasteiger partial charge in [0.1, 0.15) is 36.6 Å². The maximum absolute atomic E-state index is 13.2. The van der Waals surface area contributed by atoms with E-state index in [1.165, 1.54) is 0 Å². The molecule has 0 bridgehead atoms. The number of carbonyl (C=O) groups is 1. The first-order valence-corrected chi connectivity index (χ1v) is 15.8. The van der Waals surface area contributed by atoms with Crippen LogP contribution in [0.4, 0.5) is 0 Å². The summed E-state index contributed by atoms with van der Waals surface area (Å²) in [6.07, 6.45) is -14.4. The number of nitrogens with one attached hydrogen (secondary N) is 2. The van der Waals surface area contributed by atoms with Crippen LogP contribution in [0, 0.1) is 5.92 Å². The van der Waals surface area contributed by atoms with Gasteiger partial charge < -0.3 is 94.4 Å². The summed E-state index contributed by atoms with van der Waals surface area (Å²) in [6, 6.07) is -4.66. The number of amides is 1. The van der Waals surface area contributed by atoms with E-state index in [2.05, 4.69) is 10.6 Å². The van der Waals surface area contributed by atoms with Crippen molar-refractivity contribution in [3.63, 3.8) is 0 Å². The number of nitrogens with two attached hydrogens (primary N) is 5. The molecule has 19 nitrogen and oxygen atoms in total. The molecule has 4 fully saturated rings. The third kappa shape index (κ3) is 7.66. The zero-order chi connectivity index (χ0) is 34.1. The Labute approximate surface area is 266 Å². The van der Waals surface area contributed by atoms with Gasteiger partial charge in [0.2, 0.25) is 5.60 Å². The summed E-state index contributed by atoms with van der Waals surface area (Å²) in [7, 11) is 0. The highest BCUT2D eigenvalue weighted by atomic mass is 16.7. The van der Waals surface area contributed by atoms with Crippen LogP contribution in [-0.4, -0.2) is 176 Å². The van der Waals surface area contributed by atoms with Crippen LogP contribution in [0.1, 0.15) is 25.7 Å². The van der Waals surface area contributed by atoms with Crippen LogP contribution in [0.25, 0.3) is 0 Å². The second-order valence-electron chi connectivity index (χ2n) is 13.2. The van der Waals surface area contributed by atoms with E-state index in [1.54, 1.807) is 0 Å². The summed E-state index contributed by atoms with van der Waals surface area (Å²) >= 11 is 0. The fourth-order valence-corrected chi connectivity index (χ4v) is 7.08. The second-order valence-corrected chi connectivity index (χ2v) is 13.2. The van der Waals surface area contributed by atoms with E-state index < -0.39 is 116 Å². The van der Waals surface area contributed by atoms with E-state index in [9.17, 15) is 40.5 Å². The van der Waals surface area contributed by atoms with Gasteiger partial charge in [0, 0.05) is 43.9 Å². The first kappa shape index (κ1) is 37.6. The second kappa shape index (κ2) is 15.6. The van der Waals surface area contributed by atoms with Crippen molar-refractivity contribution in [2.24, 2.45) is 34.6 Å². The molecule has 2 saturated heterocycles. The summed E-state index contributed by atoms with van der Waals surface area (Å²) in [5.41, 5.74) is 28.3. The van der Waals surface area contributed by atoms with Gasteiger partial charge in [0.05, 0.1) is 49.1 Å². The van der Waals surface area contributed by atoms with Crippen molar-refractivity contribution in [1.29, 1.82) is 0 Å². The fourth-order valence-electron chi connectivity index (χ4n) is 7.08. The average molecular weight is 669 g/mol. The molecule has 0 aromatic heterocycles. The van der Waals surface area contributed by atoms with Crippen molar-refractivity contribution in [1.82, 2.24) is 10.6 Å². The Bertz CT molecular complexity index is 999. The van der Waals surface area contributed by atoms with Crippen LogP contribution in [0.2, 0.25) is 0 Å². The van der Waals surface area contributed by atoms with Crippen LogP contribution < -0.4 is 39.3 Å². The van der Waals surface area contributed by atoms with Gasteiger partial charge in [-0.2, -0.15) is 0 Å². The summed E-state index contributed by atoms with van der Waals surface area (Å²) in [5, 5.41) is 89.2. The number of aliphatic hydroxyl groups is 7. The van der Waals surface area contributed by atoms with Crippen LogP contribution in [0.15, 0.2) is 0 Å². The molecule has 2 saturated carbocycles. The monoisotopic (exact) mass is 668 g/mol. The topological polar surface area (TPSA) is 363 Å². The summed E-state index contributed by atoms with van der Waals surface area (Å²) < 4.78 is 17.8. The number of ether oxygens (including phenoxy) is 3.